The van der Waals surface area contributed by atoms with Gasteiger partial charge in [0.15, 0.2) is 0 Å². The van der Waals surface area contributed by atoms with E-state index in [2.05, 4.69) is 22.8 Å². The molecule has 0 aliphatic rings. The summed E-state index contributed by atoms with van der Waals surface area (Å²) in [5.41, 5.74) is 0. The third-order valence-electron chi connectivity index (χ3n) is 1.79. The summed E-state index contributed by atoms with van der Waals surface area (Å²) < 4.78 is 5.51. The minimum Gasteiger partial charge on any atom is -0.376 e. The quantitative estimate of drug-likeness (QED) is 0.680. The van der Waals surface area contributed by atoms with Crippen LogP contribution in [0.3, 0.4) is 0 Å². The smallest absolute Gasteiger partial charge is 0.0809 e. The third-order valence-corrected chi connectivity index (χ3v) is 2.64. The van der Waals surface area contributed by atoms with E-state index >= 15 is 0 Å². The van der Waals surface area contributed by atoms with Crippen molar-refractivity contribution < 1.29 is 4.74 Å². The van der Waals surface area contributed by atoms with E-state index in [0.29, 0.717) is 0 Å². The van der Waals surface area contributed by atoms with Crippen LogP contribution in [0.4, 0.5) is 0 Å². The van der Waals surface area contributed by atoms with Crippen LogP contribution in [-0.2, 0) is 11.3 Å². The number of unbranched alkanes of at least 4 members (excludes halogenated alkanes) is 1. The molecule has 0 aliphatic heterocycles. The standard InChI is InChI=1S/C10H17NOS/c1-11-6-2-3-7-12-9-10-5-4-8-13-10/h4-5,8,11H,2-3,6-7,9H2,1H3. The molecule has 0 radical (unpaired) electrons. The molecule has 0 unspecified atom stereocenters. The van der Waals surface area contributed by atoms with Crippen LogP contribution in [0.15, 0.2) is 17.5 Å². The highest BCUT2D eigenvalue weighted by atomic mass is 32.1. The van der Waals surface area contributed by atoms with Gasteiger partial charge in [-0.2, -0.15) is 0 Å². The molecule has 1 heterocycles. The van der Waals surface area contributed by atoms with E-state index in [1.807, 2.05) is 7.05 Å². The van der Waals surface area contributed by atoms with E-state index in [0.717, 1.165) is 26.2 Å². The molecule has 1 N–H and O–H groups in total. The van der Waals surface area contributed by atoms with Crippen molar-refractivity contribution in [2.45, 2.75) is 19.4 Å². The van der Waals surface area contributed by atoms with Crippen molar-refractivity contribution >= 4 is 11.3 Å². The molecule has 0 saturated carbocycles. The third kappa shape index (κ3) is 5.03. The van der Waals surface area contributed by atoms with Crippen LogP contribution >= 0.6 is 11.3 Å². The maximum Gasteiger partial charge on any atom is 0.0809 e. The zero-order valence-corrected chi connectivity index (χ0v) is 8.90. The van der Waals surface area contributed by atoms with E-state index in [-0.39, 0.29) is 0 Å². The molecule has 13 heavy (non-hydrogen) atoms. The predicted molar refractivity (Wildman–Crippen MR) is 57.1 cm³/mol. The highest BCUT2D eigenvalue weighted by molar-refractivity contribution is 7.09. The molecule has 0 atom stereocenters. The monoisotopic (exact) mass is 199 g/mol. The van der Waals surface area contributed by atoms with Gasteiger partial charge in [0.25, 0.3) is 0 Å². The summed E-state index contributed by atoms with van der Waals surface area (Å²) in [6.45, 7) is 2.74. The second-order valence-corrected chi connectivity index (χ2v) is 3.97. The minimum atomic E-state index is 0.775. The van der Waals surface area contributed by atoms with Gasteiger partial charge in [-0.15, -0.1) is 11.3 Å². The van der Waals surface area contributed by atoms with E-state index in [1.165, 1.54) is 11.3 Å². The minimum absolute atomic E-state index is 0.775. The first-order valence-electron chi connectivity index (χ1n) is 4.68. The lowest BCUT2D eigenvalue weighted by molar-refractivity contribution is 0.119. The Morgan fingerprint density at radius 1 is 1.46 bits per heavy atom. The molecule has 0 fully saturated rings. The molecule has 0 aromatic carbocycles. The highest BCUT2D eigenvalue weighted by Crippen LogP contribution is 2.09. The summed E-state index contributed by atoms with van der Waals surface area (Å²) in [7, 11) is 1.98. The molecule has 0 spiro atoms. The van der Waals surface area contributed by atoms with E-state index in [1.54, 1.807) is 11.3 Å². The van der Waals surface area contributed by atoms with Gasteiger partial charge in [0.1, 0.15) is 0 Å². The Morgan fingerprint density at radius 2 is 2.38 bits per heavy atom. The largest absolute Gasteiger partial charge is 0.376 e. The molecule has 3 heteroatoms. The number of thiophene rings is 1. The Hall–Kier alpha value is -0.380. The molecule has 1 aromatic heterocycles. The number of nitrogens with one attached hydrogen (secondary N) is 1. The first-order valence-corrected chi connectivity index (χ1v) is 5.56. The fraction of sp³-hybridized carbons (Fsp3) is 0.600. The van der Waals surface area contributed by atoms with Crippen molar-refractivity contribution in [3.63, 3.8) is 0 Å². The molecule has 0 amide bonds. The van der Waals surface area contributed by atoms with Crippen molar-refractivity contribution in [1.82, 2.24) is 5.32 Å². The first kappa shape index (κ1) is 10.7. The van der Waals surface area contributed by atoms with Crippen molar-refractivity contribution in [2.24, 2.45) is 0 Å². The molecule has 74 valence electrons. The fourth-order valence-electron chi connectivity index (χ4n) is 1.07. The normalized spacial score (nSPS) is 10.5. The Morgan fingerprint density at radius 3 is 3.08 bits per heavy atom. The Balaban J connectivity index is 1.90. The number of hydrogen-bond donors (Lipinski definition) is 1. The van der Waals surface area contributed by atoms with Crippen LogP contribution in [0.25, 0.3) is 0 Å². The van der Waals surface area contributed by atoms with Crippen LogP contribution in [0, 0.1) is 0 Å². The Kier molecular flexibility index (Phi) is 5.81. The van der Waals surface area contributed by atoms with Crippen LogP contribution in [0.5, 0.6) is 0 Å². The average Bonchev–Trinajstić information content (AvgIpc) is 2.63. The summed E-state index contributed by atoms with van der Waals surface area (Å²) in [4.78, 5) is 1.31. The Labute approximate surface area is 83.9 Å². The zero-order chi connectivity index (χ0) is 9.36. The topological polar surface area (TPSA) is 21.3 Å². The van der Waals surface area contributed by atoms with Crippen molar-refractivity contribution in [1.29, 1.82) is 0 Å². The lowest BCUT2D eigenvalue weighted by Crippen LogP contribution is -2.08. The van der Waals surface area contributed by atoms with E-state index < -0.39 is 0 Å². The Bertz CT molecular complexity index is 199. The first-order chi connectivity index (χ1) is 6.43. The summed E-state index contributed by atoms with van der Waals surface area (Å²) in [6, 6.07) is 4.17. The average molecular weight is 199 g/mol. The second kappa shape index (κ2) is 7.06. The number of hydrogen-bond acceptors (Lipinski definition) is 3. The van der Waals surface area contributed by atoms with E-state index in [4.69, 9.17) is 4.74 Å². The lowest BCUT2D eigenvalue weighted by atomic mass is 10.3. The van der Waals surface area contributed by atoms with Gasteiger partial charge in [-0.05, 0) is 37.9 Å². The lowest BCUT2D eigenvalue weighted by Gasteiger charge is -2.01. The van der Waals surface area contributed by atoms with Crippen molar-refractivity contribution in [3.8, 4) is 0 Å². The van der Waals surface area contributed by atoms with Crippen LogP contribution in [0.2, 0.25) is 0 Å². The number of rotatable bonds is 7. The highest BCUT2D eigenvalue weighted by Gasteiger charge is 1.93. The second-order valence-electron chi connectivity index (χ2n) is 2.94. The zero-order valence-electron chi connectivity index (χ0n) is 8.08. The van der Waals surface area contributed by atoms with Gasteiger partial charge in [0.2, 0.25) is 0 Å². The van der Waals surface area contributed by atoms with Gasteiger partial charge >= 0.3 is 0 Å². The maximum atomic E-state index is 5.51. The van der Waals surface area contributed by atoms with Crippen LogP contribution in [-0.4, -0.2) is 20.2 Å². The van der Waals surface area contributed by atoms with Gasteiger partial charge in [-0.25, -0.2) is 0 Å². The molecule has 1 rings (SSSR count). The summed E-state index contributed by atoms with van der Waals surface area (Å²) in [5, 5.41) is 5.20. The molecule has 2 nitrogen and oxygen atoms in total. The molecular weight excluding hydrogens is 182 g/mol. The van der Waals surface area contributed by atoms with Gasteiger partial charge in [-0.3, -0.25) is 0 Å². The summed E-state index contributed by atoms with van der Waals surface area (Å²) in [5.74, 6) is 0. The van der Waals surface area contributed by atoms with Gasteiger partial charge in [-0.1, -0.05) is 6.07 Å². The van der Waals surface area contributed by atoms with Crippen molar-refractivity contribution in [3.05, 3.63) is 22.4 Å². The summed E-state index contributed by atoms with van der Waals surface area (Å²) in [6.07, 6.45) is 2.34. The maximum absolute atomic E-state index is 5.51. The molecule has 0 saturated heterocycles. The molecule has 0 bridgehead atoms. The fourth-order valence-corrected chi connectivity index (χ4v) is 1.71. The van der Waals surface area contributed by atoms with Gasteiger partial charge in [0, 0.05) is 11.5 Å². The summed E-state index contributed by atoms with van der Waals surface area (Å²) >= 11 is 1.75. The predicted octanol–water partition coefficient (Wildman–Crippen LogP) is 2.26. The molecule has 0 aliphatic carbocycles. The van der Waals surface area contributed by atoms with E-state index in [9.17, 15) is 0 Å². The van der Waals surface area contributed by atoms with Crippen LogP contribution < -0.4 is 5.32 Å². The van der Waals surface area contributed by atoms with Crippen molar-refractivity contribution in [2.75, 3.05) is 20.2 Å². The SMILES string of the molecule is CNCCCCOCc1cccs1. The molecular formula is C10H17NOS. The van der Waals surface area contributed by atoms with Gasteiger partial charge in [0.05, 0.1) is 6.61 Å². The van der Waals surface area contributed by atoms with Crippen LogP contribution in [0.1, 0.15) is 17.7 Å². The molecule has 1 aromatic rings. The number of ether oxygens (including phenoxy) is 1. The van der Waals surface area contributed by atoms with Gasteiger partial charge < -0.3 is 10.1 Å².